The molecule has 0 radical (unpaired) electrons. The Morgan fingerprint density at radius 2 is 1.90 bits per heavy atom. The minimum Gasteiger partial charge on any atom is -0.391 e. The van der Waals surface area contributed by atoms with E-state index in [0.717, 1.165) is 26.1 Å². The van der Waals surface area contributed by atoms with Crippen LogP contribution < -0.4 is 0 Å². The Morgan fingerprint density at radius 3 is 2.71 bits per heavy atom. The first-order valence-corrected chi connectivity index (χ1v) is 8.37. The number of nitrogens with zero attached hydrogens (tertiary/aromatic N) is 1. The van der Waals surface area contributed by atoms with Crippen LogP contribution in [-0.4, -0.2) is 41.8 Å². The number of benzene rings is 1. The summed E-state index contributed by atoms with van der Waals surface area (Å²) in [5.41, 5.74) is 1.25. The average molecular weight is 289 g/mol. The summed E-state index contributed by atoms with van der Waals surface area (Å²) in [7, 11) is 0. The standard InChI is InChI=1S/C18H27NO2/c20-18-9-5-4-8-17(18)19-11-10-16(12-19)14-21-13-15-6-2-1-3-7-15/h1-3,6-7,16-18,20H,4-5,8-14H2. The van der Waals surface area contributed by atoms with Crippen molar-refractivity contribution in [3.63, 3.8) is 0 Å². The summed E-state index contributed by atoms with van der Waals surface area (Å²) in [6.45, 7) is 3.77. The van der Waals surface area contributed by atoms with Gasteiger partial charge < -0.3 is 9.84 Å². The maximum atomic E-state index is 10.2. The van der Waals surface area contributed by atoms with Gasteiger partial charge in [0.1, 0.15) is 0 Å². The molecule has 3 nitrogen and oxygen atoms in total. The predicted octanol–water partition coefficient (Wildman–Crippen LogP) is 2.83. The van der Waals surface area contributed by atoms with Gasteiger partial charge in [-0.3, -0.25) is 4.90 Å². The van der Waals surface area contributed by atoms with Crippen LogP contribution in [0.3, 0.4) is 0 Å². The summed E-state index contributed by atoms with van der Waals surface area (Å²) in [6.07, 6.45) is 5.71. The molecule has 0 spiro atoms. The number of hydrogen-bond donors (Lipinski definition) is 1. The lowest BCUT2D eigenvalue weighted by Crippen LogP contribution is -2.44. The van der Waals surface area contributed by atoms with Crippen LogP contribution in [0.15, 0.2) is 30.3 Å². The summed E-state index contributed by atoms with van der Waals surface area (Å²) < 4.78 is 5.88. The fraction of sp³-hybridized carbons (Fsp3) is 0.667. The summed E-state index contributed by atoms with van der Waals surface area (Å²) >= 11 is 0. The van der Waals surface area contributed by atoms with Crippen molar-refractivity contribution in [1.82, 2.24) is 4.90 Å². The van der Waals surface area contributed by atoms with Crippen molar-refractivity contribution in [1.29, 1.82) is 0 Å². The molecule has 21 heavy (non-hydrogen) atoms. The summed E-state index contributed by atoms with van der Waals surface area (Å²) in [4.78, 5) is 2.50. The second-order valence-corrected chi connectivity index (χ2v) is 6.57. The van der Waals surface area contributed by atoms with Crippen LogP contribution in [-0.2, 0) is 11.3 Å². The lowest BCUT2D eigenvalue weighted by Gasteiger charge is -2.35. The van der Waals surface area contributed by atoms with Crippen molar-refractivity contribution in [3.8, 4) is 0 Å². The van der Waals surface area contributed by atoms with Gasteiger partial charge in [-0.2, -0.15) is 0 Å². The monoisotopic (exact) mass is 289 g/mol. The second kappa shape index (κ2) is 7.39. The predicted molar refractivity (Wildman–Crippen MR) is 84.0 cm³/mol. The zero-order valence-electron chi connectivity index (χ0n) is 12.8. The first-order chi connectivity index (χ1) is 10.3. The van der Waals surface area contributed by atoms with Gasteiger partial charge in [0.25, 0.3) is 0 Å². The summed E-state index contributed by atoms with van der Waals surface area (Å²) in [5, 5.41) is 10.2. The van der Waals surface area contributed by atoms with Gasteiger partial charge in [-0.1, -0.05) is 43.2 Å². The number of aliphatic hydroxyl groups is 1. The molecule has 1 saturated heterocycles. The van der Waals surface area contributed by atoms with E-state index in [1.165, 1.54) is 31.2 Å². The highest BCUT2D eigenvalue weighted by molar-refractivity contribution is 5.13. The van der Waals surface area contributed by atoms with Crippen molar-refractivity contribution >= 4 is 0 Å². The van der Waals surface area contributed by atoms with Gasteiger partial charge >= 0.3 is 0 Å². The molecular formula is C18H27NO2. The Balaban J connectivity index is 1.40. The van der Waals surface area contributed by atoms with E-state index >= 15 is 0 Å². The molecule has 1 aromatic rings. The third-order valence-electron chi connectivity index (χ3n) is 4.95. The molecule has 3 atom stereocenters. The lowest BCUT2D eigenvalue weighted by atomic mass is 9.91. The Kier molecular flexibility index (Phi) is 5.28. The second-order valence-electron chi connectivity index (χ2n) is 6.57. The molecular weight excluding hydrogens is 262 g/mol. The highest BCUT2D eigenvalue weighted by Crippen LogP contribution is 2.28. The third-order valence-corrected chi connectivity index (χ3v) is 4.95. The van der Waals surface area contributed by atoms with E-state index in [9.17, 15) is 5.11 Å². The quantitative estimate of drug-likeness (QED) is 0.905. The van der Waals surface area contributed by atoms with E-state index in [1.807, 2.05) is 6.07 Å². The maximum Gasteiger partial charge on any atom is 0.0717 e. The molecule has 1 aliphatic heterocycles. The molecule has 0 aromatic heterocycles. The van der Waals surface area contributed by atoms with E-state index in [2.05, 4.69) is 29.2 Å². The van der Waals surface area contributed by atoms with Crippen LogP contribution in [0.5, 0.6) is 0 Å². The van der Waals surface area contributed by atoms with E-state index in [0.29, 0.717) is 18.6 Å². The van der Waals surface area contributed by atoms with Gasteiger partial charge in [-0.05, 0) is 37.3 Å². The molecule has 0 amide bonds. The Bertz CT molecular complexity index is 422. The molecule has 1 heterocycles. The molecule has 1 N–H and O–H groups in total. The Labute approximate surface area is 127 Å². The Morgan fingerprint density at radius 1 is 1.10 bits per heavy atom. The number of aliphatic hydroxyl groups excluding tert-OH is 1. The maximum absolute atomic E-state index is 10.2. The van der Waals surface area contributed by atoms with E-state index < -0.39 is 0 Å². The zero-order valence-corrected chi connectivity index (χ0v) is 12.8. The SMILES string of the molecule is OC1CCCCC1N1CCC(COCc2ccccc2)C1. The molecule has 3 heteroatoms. The largest absolute Gasteiger partial charge is 0.391 e. The van der Waals surface area contributed by atoms with Crippen LogP contribution in [0, 0.1) is 5.92 Å². The fourth-order valence-corrected chi connectivity index (χ4v) is 3.74. The van der Waals surface area contributed by atoms with Gasteiger partial charge in [-0.25, -0.2) is 0 Å². The number of ether oxygens (including phenoxy) is 1. The smallest absolute Gasteiger partial charge is 0.0717 e. The molecule has 1 aromatic carbocycles. The van der Waals surface area contributed by atoms with Crippen molar-refractivity contribution in [2.45, 2.75) is 50.9 Å². The fourth-order valence-electron chi connectivity index (χ4n) is 3.74. The normalized spacial score (nSPS) is 30.6. The van der Waals surface area contributed by atoms with Crippen LogP contribution >= 0.6 is 0 Å². The lowest BCUT2D eigenvalue weighted by molar-refractivity contribution is 0.0250. The molecule has 2 aliphatic rings. The van der Waals surface area contributed by atoms with Crippen molar-refractivity contribution in [2.75, 3.05) is 19.7 Å². The molecule has 1 aliphatic carbocycles. The Hall–Kier alpha value is -0.900. The topological polar surface area (TPSA) is 32.7 Å². The summed E-state index contributed by atoms with van der Waals surface area (Å²) in [6, 6.07) is 10.8. The average Bonchev–Trinajstić information content (AvgIpc) is 2.97. The molecule has 3 rings (SSSR count). The van der Waals surface area contributed by atoms with Crippen LogP contribution in [0.25, 0.3) is 0 Å². The zero-order chi connectivity index (χ0) is 14.5. The number of likely N-dealkylation sites (tertiary alicyclic amines) is 1. The van der Waals surface area contributed by atoms with Crippen LogP contribution in [0.2, 0.25) is 0 Å². The highest BCUT2D eigenvalue weighted by atomic mass is 16.5. The first kappa shape index (κ1) is 15.0. The third kappa shape index (κ3) is 4.06. The van der Waals surface area contributed by atoms with E-state index in [-0.39, 0.29) is 6.10 Å². The molecule has 2 fully saturated rings. The van der Waals surface area contributed by atoms with Crippen molar-refractivity contribution in [2.24, 2.45) is 5.92 Å². The van der Waals surface area contributed by atoms with Crippen LogP contribution in [0.4, 0.5) is 0 Å². The van der Waals surface area contributed by atoms with Crippen molar-refractivity contribution in [3.05, 3.63) is 35.9 Å². The van der Waals surface area contributed by atoms with Gasteiger partial charge in [0.15, 0.2) is 0 Å². The molecule has 3 unspecified atom stereocenters. The minimum atomic E-state index is -0.109. The van der Waals surface area contributed by atoms with Gasteiger partial charge in [0.05, 0.1) is 19.3 Å². The summed E-state index contributed by atoms with van der Waals surface area (Å²) in [5.74, 6) is 0.628. The number of hydrogen-bond acceptors (Lipinski definition) is 3. The minimum absolute atomic E-state index is 0.109. The number of rotatable bonds is 5. The van der Waals surface area contributed by atoms with E-state index in [4.69, 9.17) is 4.74 Å². The van der Waals surface area contributed by atoms with Crippen LogP contribution in [0.1, 0.15) is 37.7 Å². The van der Waals surface area contributed by atoms with Gasteiger partial charge in [0.2, 0.25) is 0 Å². The molecule has 0 bridgehead atoms. The van der Waals surface area contributed by atoms with Gasteiger partial charge in [0, 0.05) is 12.6 Å². The van der Waals surface area contributed by atoms with Gasteiger partial charge in [-0.15, -0.1) is 0 Å². The van der Waals surface area contributed by atoms with E-state index in [1.54, 1.807) is 0 Å². The molecule has 1 saturated carbocycles. The highest BCUT2D eigenvalue weighted by Gasteiger charge is 2.33. The first-order valence-electron chi connectivity index (χ1n) is 8.37. The van der Waals surface area contributed by atoms with Crippen molar-refractivity contribution < 1.29 is 9.84 Å². The molecule has 116 valence electrons.